The molecule has 4 heteroatoms. The molecule has 0 amide bonds. The molecule has 0 saturated carbocycles. The molecule has 1 unspecified atom stereocenters. The van der Waals surface area contributed by atoms with E-state index in [9.17, 15) is 0 Å². The van der Waals surface area contributed by atoms with Crippen LogP contribution in [0.4, 0.5) is 0 Å². The van der Waals surface area contributed by atoms with Gasteiger partial charge in [0.25, 0.3) is 0 Å². The maximum Gasteiger partial charge on any atom is 0.0632 e. The van der Waals surface area contributed by atoms with Gasteiger partial charge in [-0.25, -0.2) is 0 Å². The number of hydrogen-bond donors (Lipinski definition) is 2. The van der Waals surface area contributed by atoms with Crippen molar-refractivity contribution in [2.24, 2.45) is 0 Å². The summed E-state index contributed by atoms with van der Waals surface area (Å²) in [5, 5.41) is 10.6. The molecule has 0 aliphatic carbocycles. The van der Waals surface area contributed by atoms with Gasteiger partial charge < -0.3 is 15.4 Å². The van der Waals surface area contributed by atoms with Crippen LogP contribution in [-0.4, -0.2) is 32.3 Å². The number of nitrogens with one attached hydrogen (secondary N) is 2. The molecule has 0 radical (unpaired) electrons. The molecule has 3 rings (SSSR count). The summed E-state index contributed by atoms with van der Waals surface area (Å²) in [5.74, 6) is 0. The number of ether oxygens (including phenoxy) is 1. The van der Waals surface area contributed by atoms with Crippen molar-refractivity contribution in [1.29, 1.82) is 0 Å². The van der Waals surface area contributed by atoms with Crippen LogP contribution in [0, 0.1) is 0 Å². The monoisotopic (exact) mass is 262 g/mol. The van der Waals surface area contributed by atoms with E-state index in [1.54, 1.807) is 0 Å². The molecule has 18 heavy (non-hydrogen) atoms. The quantitative estimate of drug-likeness (QED) is 0.884. The minimum atomic E-state index is 0.448. The Kier molecular flexibility index (Phi) is 3.90. The predicted octanol–water partition coefficient (Wildman–Crippen LogP) is 1.98. The first-order valence-electron chi connectivity index (χ1n) is 6.40. The Morgan fingerprint density at radius 3 is 3.22 bits per heavy atom. The number of fused-ring (bicyclic) bond motifs is 1. The summed E-state index contributed by atoms with van der Waals surface area (Å²) in [4.78, 5) is 0. The molecule has 96 valence electrons. The molecule has 1 aliphatic heterocycles. The summed E-state index contributed by atoms with van der Waals surface area (Å²) in [6.07, 6.45) is 0. The highest BCUT2D eigenvalue weighted by atomic mass is 32.1. The second-order valence-electron chi connectivity index (χ2n) is 4.61. The minimum absolute atomic E-state index is 0.448. The molecule has 2 aromatic rings. The molecule has 0 bridgehead atoms. The first-order chi connectivity index (χ1) is 8.93. The summed E-state index contributed by atoms with van der Waals surface area (Å²) < 4.78 is 6.81. The Balaban J connectivity index is 1.56. The molecule has 1 atom stereocenters. The van der Waals surface area contributed by atoms with E-state index in [4.69, 9.17) is 4.74 Å². The zero-order chi connectivity index (χ0) is 12.2. The average Bonchev–Trinajstić information content (AvgIpc) is 2.84. The molecule has 3 nitrogen and oxygen atoms in total. The fourth-order valence-corrected chi connectivity index (χ4v) is 3.26. The lowest BCUT2D eigenvalue weighted by atomic mass is 10.2. The Morgan fingerprint density at radius 1 is 1.39 bits per heavy atom. The van der Waals surface area contributed by atoms with Crippen molar-refractivity contribution in [3.8, 4) is 0 Å². The van der Waals surface area contributed by atoms with Crippen molar-refractivity contribution < 1.29 is 4.74 Å². The SMILES string of the molecule is c1ccc2c(CNCC3COCCN3)csc2c1. The van der Waals surface area contributed by atoms with E-state index in [1.165, 1.54) is 15.6 Å². The van der Waals surface area contributed by atoms with E-state index in [1.807, 2.05) is 11.3 Å². The summed E-state index contributed by atoms with van der Waals surface area (Å²) in [6.45, 7) is 4.52. The molecule has 1 saturated heterocycles. The van der Waals surface area contributed by atoms with Gasteiger partial charge in [0.1, 0.15) is 0 Å². The molecule has 2 heterocycles. The lowest BCUT2D eigenvalue weighted by Gasteiger charge is -2.23. The standard InChI is InChI=1S/C14H18N2OS/c1-2-4-14-13(3-1)11(10-18-14)7-15-8-12-9-17-6-5-16-12/h1-4,10,12,15-16H,5-9H2. The molecule has 1 aromatic carbocycles. The number of benzene rings is 1. The van der Waals surface area contributed by atoms with Crippen molar-refractivity contribution in [1.82, 2.24) is 10.6 Å². The van der Waals surface area contributed by atoms with Crippen LogP contribution in [0.2, 0.25) is 0 Å². The van der Waals surface area contributed by atoms with E-state index in [0.717, 1.165) is 32.8 Å². The van der Waals surface area contributed by atoms with Crippen LogP contribution in [-0.2, 0) is 11.3 Å². The van der Waals surface area contributed by atoms with Crippen LogP contribution in [0.15, 0.2) is 29.6 Å². The van der Waals surface area contributed by atoms with Gasteiger partial charge in [-0.3, -0.25) is 0 Å². The second-order valence-corrected chi connectivity index (χ2v) is 5.53. The van der Waals surface area contributed by atoms with E-state index in [0.29, 0.717) is 6.04 Å². The fourth-order valence-electron chi connectivity index (χ4n) is 2.30. The minimum Gasteiger partial charge on any atom is -0.378 e. The Labute approximate surface area is 111 Å². The molecular formula is C14H18N2OS. The number of morpholine rings is 1. The fraction of sp³-hybridized carbons (Fsp3) is 0.429. The van der Waals surface area contributed by atoms with Crippen LogP contribution < -0.4 is 10.6 Å². The van der Waals surface area contributed by atoms with Gasteiger partial charge in [-0.2, -0.15) is 0 Å². The van der Waals surface area contributed by atoms with Crippen molar-refractivity contribution >= 4 is 21.4 Å². The second kappa shape index (κ2) is 5.80. The van der Waals surface area contributed by atoms with Crippen molar-refractivity contribution in [2.75, 3.05) is 26.3 Å². The third-order valence-electron chi connectivity index (χ3n) is 3.27. The first-order valence-corrected chi connectivity index (χ1v) is 7.28. The zero-order valence-electron chi connectivity index (χ0n) is 10.3. The number of rotatable bonds is 4. The smallest absolute Gasteiger partial charge is 0.0632 e. The third kappa shape index (κ3) is 2.72. The largest absolute Gasteiger partial charge is 0.378 e. The average molecular weight is 262 g/mol. The molecule has 1 aromatic heterocycles. The number of hydrogen-bond acceptors (Lipinski definition) is 4. The van der Waals surface area contributed by atoms with Gasteiger partial charge in [0.15, 0.2) is 0 Å². The van der Waals surface area contributed by atoms with Crippen LogP contribution >= 0.6 is 11.3 Å². The van der Waals surface area contributed by atoms with Crippen LogP contribution in [0.1, 0.15) is 5.56 Å². The highest BCUT2D eigenvalue weighted by Gasteiger charge is 2.12. The molecular weight excluding hydrogens is 244 g/mol. The third-order valence-corrected chi connectivity index (χ3v) is 4.28. The summed E-state index contributed by atoms with van der Waals surface area (Å²) in [6, 6.07) is 9.03. The van der Waals surface area contributed by atoms with Crippen LogP contribution in [0.25, 0.3) is 10.1 Å². The molecule has 1 fully saturated rings. The van der Waals surface area contributed by atoms with Gasteiger partial charge in [0, 0.05) is 30.4 Å². The van der Waals surface area contributed by atoms with Crippen LogP contribution in [0.5, 0.6) is 0 Å². The molecule has 1 aliphatic rings. The van der Waals surface area contributed by atoms with Gasteiger partial charge in [0.05, 0.1) is 13.2 Å². The lowest BCUT2D eigenvalue weighted by Crippen LogP contribution is -2.47. The summed E-state index contributed by atoms with van der Waals surface area (Å²) in [7, 11) is 0. The van der Waals surface area contributed by atoms with E-state index in [-0.39, 0.29) is 0 Å². The van der Waals surface area contributed by atoms with E-state index in [2.05, 4.69) is 40.3 Å². The lowest BCUT2D eigenvalue weighted by molar-refractivity contribution is 0.0766. The highest BCUT2D eigenvalue weighted by molar-refractivity contribution is 7.17. The normalized spacial score (nSPS) is 20.3. The van der Waals surface area contributed by atoms with Crippen LogP contribution in [0.3, 0.4) is 0 Å². The maximum absolute atomic E-state index is 5.44. The van der Waals surface area contributed by atoms with Gasteiger partial charge in [-0.1, -0.05) is 18.2 Å². The number of thiophene rings is 1. The summed E-state index contributed by atoms with van der Waals surface area (Å²) >= 11 is 1.82. The summed E-state index contributed by atoms with van der Waals surface area (Å²) in [5.41, 5.74) is 1.40. The highest BCUT2D eigenvalue weighted by Crippen LogP contribution is 2.25. The Morgan fingerprint density at radius 2 is 2.33 bits per heavy atom. The van der Waals surface area contributed by atoms with Gasteiger partial charge in [-0.05, 0) is 22.4 Å². The van der Waals surface area contributed by atoms with Gasteiger partial charge in [0.2, 0.25) is 0 Å². The van der Waals surface area contributed by atoms with E-state index < -0.39 is 0 Å². The first kappa shape index (κ1) is 12.1. The van der Waals surface area contributed by atoms with Crippen molar-refractivity contribution in [3.63, 3.8) is 0 Å². The predicted molar refractivity (Wildman–Crippen MR) is 76.1 cm³/mol. The van der Waals surface area contributed by atoms with Crippen molar-refractivity contribution in [3.05, 3.63) is 35.2 Å². The molecule has 0 spiro atoms. The zero-order valence-corrected chi connectivity index (χ0v) is 11.1. The molecule has 2 N–H and O–H groups in total. The Bertz CT molecular complexity index is 505. The van der Waals surface area contributed by atoms with E-state index >= 15 is 0 Å². The maximum atomic E-state index is 5.44. The Hall–Kier alpha value is -0.940. The van der Waals surface area contributed by atoms with Gasteiger partial charge >= 0.3 is 0 Å². The van der Waals surface area contributed by atoms with Crippen molar-refractivity contribution in [2.45, 2.75) is 12.6 Å². The van der Waals surface area contributed by atoms with Gasteiger partial charge in [-0.15, -0.1) is 11.3 Å². The topological polar surface area (TPSA) is 33.3 Å².